The molecule has 2 aromatic rings. The third-order valence-electron chi connectivity index (χ3n) is 3.19. The fourth-order valence-electron chi connectivity index (χ4n) is 2.00. The summed E-state index contributed by atoms with van der Waals surface area (Å²) >= 11 is 0. The summed E-state index contributed by atoms with van der Waals surface area (Å²) in [5.41, 5.74) is 1.37. The number of nitrogens with one attached hydrogen (secondary N) is 2. The molecule has 0 saturated carbocycles. The minimum Gasteiger partial charge on any atom is -0.377 e. The minimum atomic E-state index is -3.54. The highest BCUT2D eigenvalue weighted by atomic mass is 32.2. The molecule has 0 saturated heterocycles. The molecule has 0 aromatic heterocycles. The Morgan fingerprint density at radius 2 is 1.67 bits per heavy atom. The van der Waals surface area contributed by atoms with Crippen molar-refractivity contribution < 1.29 is 12.8 Å². The SMILES string of the molecule is CNS(=O)(=O)c1ccccc1NC(C)c1ccc(F)cc1. The van der Waals surface area contributed by atoms with Gasteiger partial charge in [-0.2, -0.15) is 0 Å². The van der Waals surface area contributed by atoms with Crippen molar-refractivity contribution in [2.75, 3.05) is 12.4 Å². The van der Waals surface area contributed by atoms with Crippen molar-refractivity contribution in [3.05, 3.63) is 59.9 Å². The van der Waals surface area contributed by atoms with Gasteiger partial charge >= 0.3 is 0 Å². The van der Waals surface area contributed by atoms with Gasteiger partial charge in [-0.25, -0.2) is 17.5 Å². The monoisotopic (exact) mass is 308 g/mol. The molecule has 112 valence electrons. The summed E-state index contributed by atoms with van der Waals surface area (Å²) in [7, 11) is -2.17. The Labute approximate surface area is 124 Å². The molecule has 0 spiro atoms. The Kier molecular flexibility index (Phi) is 4.59. The predicted octanol–water partition coefficient (Wildman–Crippen LogP) is 2.91. The van der Waals surface area contributed by atoms with E-state index in [0.717, 1.165) is 5.56 Å². The van der Waals surface area contributed by atoms with E-state index < -0.39 is 10.0 Å². The molecule has 4 nitrogen and oxygen atoms in total. The van der Waals surface area contributed by atoms with Crippen LogP contribution in [0.15, 0.2) is 53.4 Å². The minimum absolute atomic E-state index is 0.154. The topological polar surface area (TPSA) is 58.2 Å². The van der Waals surface area contributed by atoms with Gasteiger partial charge in [0.25, 0.3) is 0 Å². The van der Waals surface area contributed by atoms with Crippen LogP contribution in [-0.4, -0.2) is 15.5 Å². The van der Waals surface area contributed by atoms with Gasteiger partial charge in [-0.3, -0.25) is 0 Å². The lowest BCUT2D eigenvalue weighted by Gasteiger charge is -2.18. The number of rotatable bonds is 5. The van der Waals surface area contributed by atoms with E-state index in [2.05, 4.69) is 10.0 Å². The summed E-state index contributed by atoms with van der Waals surface area (Å²) in [6, 6.07) is 12.6. The van der Waals surface area contributed by atoms with E-state index in [9.17, 15) is 12.8 Å². The van der Waals surface area contributed by atoms with Gasteiger partial charge in [0.1, 0.15) is 10.7 Å². The maximum atomic E-state index is 12.9. The highest BCUT2D eigenvalue weighted by Gasteiger charge is 2.17. The Balaban J connectivity index is 2.30. The molecule has 21 heavy (non-hydrogen) atoms. The Morgan fingerprint density at radius 3 is 2.29 bits per heavy atom. The summed E-state index contributed by atoms with van der Waals surface area (Å²) in [5.74, 6) is -0.302. The average molecular weight is 308 g/mol. The normalized spacial score (nSPS) is 12.9. The van der Waals surface area contributed by atoms with Gasteiger partial charge in [-0.15, -0.1) is 0 Å². The molecule has 2 aromatic carbocycles. The Hall–Kier alpha value is -1.92. The standard InChI is InChI=1S/C15H17FN2O2S/c1-11(12-7-9-13(16)10-8-12)18-14-5-3-4-6-15(14)21(19,20)17-2/h3-11,17-18H,1-2H3. The van der Waals surface area contributed by atoms with Gasteiger partial charge in [0.05, 0.1) is 5.69 Å². The van der Waals surface area contributed by atoms with Gasteiger partial charge in [-0.1, -0.05) is 24.3 Å². The van der Waals surface area contributed by atoms with Crippen LogP contribution < -0.4 is 10.0 Å². The van der Waals surface area contributed by atoms with Crippen molar-refractivity contribution in [2.45, 2.75) is 17.9 Å². The molecule has 1 atom stereocenters. The number of halogens is 1. The molecule has 0 bridgehead atoms. The molecular weight excluding hydrogens is 291 g/mol. The van der Waals surface area contributed by atoms with Crippen LogP contribution in [-0.2, 0) is 10.0 Å². The first-order valence-electron chi connectivity index (χ1n) is 6.48. The summed E-state index contributed by atoms with van der Waals surface area (Å²) in [6.07, 6.45) is 0. The van der Waals surface area contributed by atoms with E-state index in [0.29, 0.717) is 5.69 Å². The molecule has 2 rings (SSSR count). The maximum absolute atomic E-state index is 12.9. The quantitative estimate of drug-likeness (QED) is 0.893. The molecule has 0 aliphatic rings. The van der Waals surface area contributed by atoms with Crippen LogP contribution in [0.4, 0.5) is 10.1 Å². The predicted molar refractivity (Wildman–Crippen MR) is 81.1 cm³/mol. The van der Waals surface area contributed by atoms with Gasteiger partial charge in [0, 0.05) is 6.04 Å². The zero-order valence-electron chi connectivity index (χ0n) is 11.8. The second-order valence-corrected chi connectivity index (χ2v) is 6.48. The van der Waals surface area contributed by atoms with Crippen molar-refractivity contribution in [1.29, 1.82) is 0 Å². The first kappa shape index (κ1) is 15.5. The van der Waals surface area contributed by atoms with E-state index in [-0.39, 0.29) is 16.8 Å². The third kappa shape index (κ3) is 3.59. The molecule has 6 heteroatoms. The molecule has 0 amide bonds. The molecule has 0 radical (unpaired) electrons. The van der Waals surface area contributed by atoms with Crippen LogP contribution in [0.25, 0.3) is 0 Å². The number of hydrogen-bond acceptors (Lipinski definition) is 3. The van der Waals surface area contributed by atoms with Crippen LogP contribution in [0.5, 0.6) is 0 Å². The fraction of sp³-hybridized carbons (Fsp3) is 0.200. The number of anilines is 1. The van der Waals surface area contributed by atoms with E-state index in [1.54, 1.807) is 30.3 Å². The molecule has 2 N–H and O–H groups in total. The molecule has 0 fully saturated rings. The number of sulfonamides is 1. The Bertz CT molecular complexity index is 715. The van der Waals surface area contributed by atoms with Gasteiger partial charge in [-0.05, 0) is 43.8 Å². The van der Waals surface area contributed by atoms with E-state index in [1.165, 1.54) is 25.2 Å². The summed E-state index contributed by atoms with van der Waals surface area (Å²) in [6.45, 7) is 1.88. The van der Waals surface area contributed by atoms with Crippen LogP contribution in [0.2, 0.25) is 0 Å². The average Bonchev–Trinajstić information content (AvgIpc) is 2.48. The molecule has 0 heterocycles. The zero-order chi connectivity index (χ0) is 15.5. The summed E-state index contributed by atoms with van der Waals surface area (Å²) in [5, 5.41) is 3.15. The molecular formula is C15H17FN2O2S. The lowest BCUT2D eigenvalue weighted by molar-refractivity contribution is 0.588. The second kappa shape index (κ2) is 6.24. The molecule has 0 aliphatic carbocycles. The van der Waals surface area contributed by atoms with Crippen LogP contribution >= 0.6 is 0 Å². The second-order valence-electron chi connectivity index (χ2n) is 4.62. The first-order chi connectivity index (χ1) is 9.94. The Morgan fingerprint density at radius 1 is 1.05 bits per heavy atom. The highest BCUT2D eigenvalue weighted by Crippen LogP contribution is 2.25. The first-order valence-corrected chi connectivity index (χ1v) is 7.97. The maximum Gasteiger partial charge on any atom is 0.242 e. The molecule has 1 unspecified atom stereocenters. The lowest BCUT2D eigenvalue weighted by atomic mass is 10.1. The summed E-state index contributed by atoms with van der Waals surface area (Å²) in [4.78, 5) is 0.182. The van der Waals surface area contributed by atoms with E-state index in [1.807, 2.05) is 6.92 Å². The van der Waals surface area contributed by atoms with Crippen molar-refractivity contribution in [1.82, 2.24) is 4.72 Å². The number of para-hydroxylation sites is 1. The van der Waals surface area contributed by atoms with Gasteiger partial charge in [0.15, 0.2) is 0 Å². The van der Waals surface area contributed by atoms with E-state index in [4.69, 9.17) is 0 Å². The van der Waals surface area contributed by atoms with Crippen LogP contribution in [0.3, 0.4) is 0 Å². The van der Waals surface area contributed by atoms with Crippen LogP contribution in [0, 0.1) is 5.82 Å². The highest BCUT2D eigenvalue weighted by molar-refractivity contribution is 7.89. The van der Waals surface area contributed by atoms with Gasteiger partial charge in [0.2, 0.25) is 10.0 Å². The van der Waals surface area contributed by atoms with E-state index >= 15 is 0 Å². The largest absolute Gasteiger partial charge is 0.377 e. The number of benzene rings is 2. The van der Waals surface area contributed by atoms with Gasteiger partial charge < -0.3 is 5.32 Å². The van der Waals surface area contributed by atoms with Crippen molar-refractivity contribution in [3.63, 3.8) is 0 Å². The van der Waals surface area contributed by atoms with Crippen molar-refractivity contribution in [2.24, 2.45) is 0 Å². The zero-order valence-corrected chi connectivity index (χ0v) is 12.6. The summed E-state index contributed by atoms with van der Waals surface area (Å²) < 4.78 is 39.2. The lowest BCUT2D eigenvalue weighted by Crippen LogP contribution is -2.20. The van der Waals surface area contributed by atoms with Crippen molar-refractivity contribution in [3.8, 4) is 0 Å². The van der Waals surface area contributed by atoms with Crippen molar-refractivity contribution >= 4 is 15.7 Å². The molecule has 0 aliphatic heterocycles. The number of hydrogen-bond donors (Lipinski definition) is 2. The van der Waals surface area contributed by atoms with Crippen LogP contribution in [0.1, 0.15) is 18.5 Å². The smallest absolute Gasteiger partial charge is 0.242 e. The third-order valence-corrected chi connectivity index (χ3v) is 4.66. The fourth-order valence-corrected chi connectivity index (χ4v) is 2.89.